The van der Waals surface area contributed by atoms with Crippen molar-refractivity contribution >= 4 is 27.7 Å². The number of thioether (sulfide) groups is 1. The zero-order chi connectivity index (χ0) is 23.4. The number of sulfonamides is 1. The molecule has 1 aliphatic rings. The molecule has 3 aromatic rings. The second kappa shape index (κ2) is 10.0. The summed E-state index contributed by atoms with van der Waals surface area (Å²) in [7, 11) is -3.40. The Labute approximate surface area is 197 Å². The van der Waals surface area contributed by atoms with Crippen molar-refractivity contribution in [3.8, 4) is 5.82 Å². The Morgan fingerprint density at radius 1 is 1.00 bits per heavy atom. The van der Waals surface area contributed by atoms with Crippen LogP contribution in [0.3, 0.4) is 0 Å². The van der Waals surface area contributed by atoms with Gasteiger partial charge in [-0.05, 0) is 37.6 Å². The van der Waals surface area contributed by atoms with E-state index in [2.05, 4.69) is 15.3 Å². The molecule has 0 bridgehead atoms. The van der Waals surface area contributed by atoms with E-state index in [9.17, 15) is 13.2 Å². The molecule has 0 atom stereocenters. The molecule has 1 aromatic carbocycles. The van der Waals surface area contributed by atoms with Crippen LogP contribution >= 0.6 is 11.8 Å². The monoisotopic (exact) mass is 486 g/mol. The molecule has 1 fully saturated rings. The first-order chi connectivity index (χ1) is 15.8. The van der Waals surface area contributed by atoms with E-state index in [1.165, 1.54) is 16.1 Å². The maximum absolute atomic E-state index is 12.7. The summed E-state index contributed by atoms with van der Waals surface area (Å²) in [5.74, 6) is 0.794. The molecule has 1 saturated heterocycles. The normalized spacial score (nSPS) is 15.0. The average molecular weight is 487 g/mol. The van der Waals surface area contributed by atoms with E-state index < -0.39 is 10.0 Å². The molecule has 2 aromatic heterocycles. The van der Waals surface area contributed by atoms with E-state index in [1.54, 1.807) is 21.7 Å². The number of carbonyl (C=O) groups excluding carboxylic acids is 1. The molecule has 3 heterocycles. The van der Waals surface area contributed by atoms with Gasteiger partial charge in [-0.2, -0.15) is 9.40 Å². The number of piperazine rings is 1. The van der Waals surface area contributed by atoms with Gasteiger partial charge >= 0.3 is 0 Å². The maximum Gasteiger partial charge on any atom is 0.233 e. The molecule has 0 saturated carbocycles. The zero-order valence-corrected chi connectivity index (χ0v) is 20.2. The van der Waals surface area contributed by atoms with Gasteiger partial charge in [0.05, 0.1) is 17.2 Å². The third-order valence-electron chi connectivity index (χ3n) is 5.37. The quantitative estimate of drug-likeness (QED) is 0.471. The fourth-order valence-electron chi connectivity index (χ4n) is 3.68. The smallest absolute Gasteiger partial charge is 0.233 e. The Hall–Kier alpha value is -2.76. The van der Waals surface area contributed by atoms with Crippen molar-refractivity contribution in [3.05, 3.63) is 65.5 Å². The van der Waals surface area contributed by atoms with Crippen molar-refractivity contribution < 1.29 is 13.2 Å². The van der Waals surface area contributed by atoms with Gasteiger partial charge in [-0.1, -0.05) is 42.1 Å². The van der Waals surface area contributed by atoms with E-state index in [0.717, 1.165) is 17.0 Å². The molecule has 0 radical (unpaired) electrons. The van der Waals surface area contributed by atoms with Crippen molar-refractivity contribution in [3.63, 3.8) is 0 Å². The second-order valence-corrected chi connectivity index (χ2v) is 10.8. The summed E-state index contributed by atoms with van der Waals surface area (Å²) >= 11 is 1.32. The molecule has 174 valence electrons. The van der Waals surface area contributed by atoms with Crippen LogP contribution in [0.1, 0.15) is 17.0 Å². The summed E-state index contributed by atoms with van der Waals surface area (Å²) in [5, 5.41) is 13.5. The number of amides is 1. The summed E-state index contributed by atoms with van der Waals surface area (Å²) < 4.78 is 28.6. The lowest BCUT2D eigenvalue weighted by molar-refractivity contribution is -0.129. The molecule has 0 aliphatic carbocycles. The molecule has 0 unspecified atom stereocenters. The van der Waals surface area contributed by atoms with Crippen LogP contribution in [0.5, 0.6) is 0 Å². The minimum absolute atomic E-state index is 0.0239. The summed E-state index contributed by atoms with van der Waals surface area (Å²) in [6.45, 7) is 5.26. The molecule has 1 amide bonds. The fraction of sp³-hybridized carbons (Fsp3) is 0.364. The van der Waals surface area contributed by atoms with Gasteiger partial charge < -0.3 is 4.90 Å². The van der Waals surface area contributed by atoms with E-state index in [0.29, 0.717) is 37.0 Å². The number of aromatic nitrogens is 4. The molecule has 33 heavy (non-hydrogen) atoms. The number of rotatable bonds is 7. The SMILES string of the molecule is Cc1cc(C)n(-c2ccc(SCC(=O)N3CCN(S(=O)(=O)Cc4ccccc4)CC3)nn2)n1. The van der Waals surface area contributed by atoms with Crippen LogP contribution in [0.25, 0.3) is 5.82 Å². The van der Waals surface area contributed by atoms with Gasteiger partial charge in [0.2, 0.25) is 15.9 Å². The van der Waals surface area contributed by atoms with Crippen molar-refractivity contribution in [2.24, 2.45) is 0 Å². The maximum atomic E-state index is 12.7. The van der Waals surface area contributed by atoms with Gasteiger partial charge in [-0.3, -0.25) is 4.79 Å². The highest BCUT2D eigenvalue weighted by Gasteiger charge is 2.29. The first-order valence-electron chi connectivity index (χ1n) is 10.6. The third kappa shape index (κ3) is 5.79. The van der Waals surface area contributed by atoms with E-state index in [1.807, 2.05) is 50.2 Å². The zero-order valence-electron chi connectivity index (χ0n) is 18.6. The number of aryl methyl sites for hydroxylation is 2. The number of carbonyl (C=O) groups is 1. The van der Waals surface area contributed by atoms with Crippen molar-refractivity contribution in [2.45, 2.75) is 24.6 Å². The molecule has 4 rings (SSSR count). The van der Waals surface area contributed by atoms with E-state index >= 15 is 0 Å². The van der Waals surface area contributed by atoms with Crippen LogP contribution < -0.4 is 0 Å². The average Bonchev–Trinajstić information content (AvgIpc) is 3.16. The van der Waals surface area contributed by atoms with Gasteiger partial charge in [-0.15, -0.1) is 10.2 Å². The minimum atomic E-state index is -3.40. The largest absolute Gasteiger partial charge is 0.339 e. The predicted molar refractivity (Wildman–Crippen MR) is 127 cm³/mol. The number of benzene rings is 1. The van der Waals surface area contributed by atoms with E-state index in [-0.39, 0.29) is 17.4 Å². The Morgan fingerprint density at radius 2 is 1.73 bits per heavy atom. The topological polar surface area (TPSA) is 101 Å². The molecule has 11 heteroatoms. The first kappa shape index (κ1) is 23.4. The number of hydrogen-bond donors (Lipinski definition) is 0. The summed E-state index contributed by atoms with van der Waals surface area (Å²) in [5.41, 5.74) is 2.64. The van der Waals surface area contributed by atoms with Crippen LogP contribution in [-0.4, -0.2) is 75.4 Å². The molecule has 1 aliphatic heterocycles. The molecular weight excluding hydrogens is 460 g/mol. The van der Waals surface area contributed by atoms with Crippen LogP contribution in [0.2, 0.25) is 0 Å². The third-order valence-corrected chi connectivity index (χ3v) is 8.13. The van der Waals surface area contributed by atoms with Gasteiger partial charge in [-0.25, -0.2) is 13.1 Å². The lowest BCUT2D eigenvalue weighted by Gasteiger charge is -2.34. The van der Waals surface area contributed by atoms with Crippen molar-refractivity contribution in [2.75, 3.05) is 31.9 Å². The summed E-state index contributed by atoms with van der Waals surface area (Å²) in [4.78, 5) is 14.3. The summed E-state index contributed by atoms with van der Waals surface area (Å²) in [6, 6.07) is 14.8. The highest BCUT2D eigenvalue weighted by Crippen LogP contribution is 2.18. The summed E-state index contributed by atoms with van der Waals surface area (Å²) in [6.07, 6.45) is 0. The van der Waals surface area contributed by atoms with Gasteiger partial charge in [0.15, 0.2) is 5.82 Å². The Kier molecular flexibility index (Phi) is 7.11. The van der Waals surface area contributed by atoms with Crippen LogP contribution in [0, 0.1) is 13.8 Å². The van der Waals surface area contributed by atoms with Crippen molar-refractivity contribution in [1.29, 1.82) is 0 Å². The Balaban J connectivity index is 1.27. The van der Waals surface area contributed by atoms with Crippen LogP contribution in [0.4, 0.5) is 0 Å². The Bertz CT molecular complexity index is 1200. The fourth-order valence-corrected chi connectivity index (χ4v) is 5.92. The molecular formula is C22H26N6O3S2. The lowest BCUT2D eigenvalue weighted by atomic mass is 10.2. The second-order valence-electron chi connectivity index (χ2n) is 7.88. The molecule has 9 nitrogen and oxygen atoms in total. The van der Waals surface area contributed by atoms with Gasteiger partial charge in [0, 0.05) is 31.9 Å². The lowest BCUT2D eigenvalue weighted by Crippen LogP contribution is -2.51. The van der Waals surface area contributed by atoms with Crippen LogP contribution in [-0.2, 0) is 20.6 Å². The van der Waals surface area contributed by atoms with Crippen molar-refractivity contribution in [1.82, 2.24) is 29.2 Å². The molecule has 0 spiro atoms. The standard InChI is InChI=1S/C22H26N6O3S2/c1-17-14-18(2)28(25-17)20-8-9-21(24-23-20)32-15-22(29)26-10-12-27(13-11-26)33(30,31)16-19-6-4-3-5-7-19/h3-9,14H,10-13,15-16H2,1-2H3. The highest BCUT2D eigenvalue weighted by atomic mass is 32.2. The van der Waals surface area contributed by atoms with Crippen LogP contribution in [0.15, 0.2) is 53.6 Å². The molecule has 0 N–H and O–H groups in total. The van der Waals surface area contributed by atoms with Gasteiger partial charge in [0.25, 0.3) is 0 Å². The number of nitrogens with zero attached hydrogens (tertiary/aromatic N) is 6. The van der Waals surface area contributed by atoms with E-state index in [4.69, 9.17) is 0 Å². The number of hydrogen-bond acceptors (Lipinski definition) is 7. The highest BCUT2D eigenvalue weighted by molar-refractivity contribution is 7.99. The van der Waals surface area contributed by atoms with Gasteiger partial charge in [0.1, 0.15) is 5.03 Å². The first-order valence-corrected chi connectivity index (χ1v) is 13.2. The predicted octanol–water partition coefficient (Wildman–Crippen LogP) is 2.05. The Morgan fingerprint density at radius 3 is 2.33 bits per heavy atom. The minimum Gasteiger partial charge on any atom is -0.339 e.